The van der Waals surface area contributed by atoms with Gasteiger partial charge in [-0.15, -0.1) is 0 Å². The van der Waals surface area contributed by atoms with Crippen molar-refractivity contribution in [3.63, 3.8) is 0 Å². The van der Waals surface area contributed by atoms with Crippen LogP contribution in [-0.2, 0) is 11.3 Å². The largest absolute Gasteiger partial charge is 0.370 e. The molecule has 1 aliphatic heterocycles. The van der Waals surface area contributed by atoms with Crippen molar-refractivity contribution in [1.82, 2.24) is 10.2 Å². The highest BCUT2D eigenvalue weighted by Crippen LogP contribution is 2.22. The molecule has 6 nitrogen and oxygen atoms in total. The molecule has 2 rings (SSSR count). The Balaban J connectivity index is 2.09. The van der Waals surface area contributed by atoms with E-state index in [1.54, 1.807) is 6.07 Å². The van der Waals surface area contributed by atoms with Crippen LogP contribution in [0.5, 0.6) is 0 Å². The average Bonchev–Trinajstić information content (AvgIpc) is 2.67. The Morgan fingerprint density at radius 1 is 1.36 bits per heavy atom. The molecule has 0 saturated carbocycles. The number of rotatable bonds is 8. The maximum Gasteiger partial charge on any atom is 0.217 e. The van der Waals surface area contributed by atoms with E-state index in [0.29, 0.717) is 18.7 Å². The van der Waals surface area contributed by atoms with Crippen LogP contribution in [0.15, 0.2) is 23.2 Å². The van der Waals surface area contributed by atoms with E-state index in [1.807, 2.05) is 37.8 Å². The van der Waals surface area contributed by atoms with E-state index in [4.69, 9.17) is 10.7 Å². The summed E-state index contributed by atoms with van der Waals surface area (Å²) >= 11 is 0. The fourth-order valence-corrected chi connectivity index (χ4v) is 3.77. The van der Waals surface area contributed by atoms with Crippen LogP contribution in [0.4, 0.5) is 10.1 Å². The van der Waals surface area contributed by atoms with Crippen LogP contribution in [0.25, 0.3) is 0 Å². The molecule has 1 aliphatic rings. The number of hydrogen-bond donors (Lipinski definition) is 2. The second-order valence-corrected chi connectivity index (χ2v) is 7.25. The number of carbonyl (C=O) groups excluding carboxylic acids is 1. The van der Waals surface area contributed by atoms with E-state index in [-0.39, 0.29) is 17.6 Å². The number of primary amides is 1. The zero-order valence-electron chi connectivity index (χ0n) is 17.4. The number of amides is 1. The fourth-order valence-electron chi connectivity index (χ4n) is 3.77. The quantitative estimate of drug-likeness (QED) is 0.528. The highest BCUT2D eigenvalue weighted by molar-refractivity contribution is 5.80. The van der Waals surface area contributed by atoms with Crippen LogP contribution >= 0.6 is 0 Å². The Labute approximate surface area is 168 Å². The van der Waals surface area contributed by atoms with E-state index < -0.39 is 0 Å². The monoisotopic (exact) mass is 391 g/mol. The first-order chi connectivity index (χ1) is 13.5. The summed E-state index contributed by atoms with van der Waals surface area (Å²) in [5.41, 5.74) is 6.84. The van der Waals surface area contributed by atoms with E-state index in [0.717, 1.165) is 57.1 Å². The van der Waals surface area contributed by atoms with Gasteiger partial charge in [0.2, 0.25) is 5.91 Å². The lowest BCUT2D eigenvalue weighted by molar-refractivity contribution is -0.119. The third-order valence-corrected chi connectivity index (χ3v) is 5.17. The molecule has 0 radical (unpaired) electrons. The van der Waals surface area contributed by atoms with Crippen molar-refractivity contribution in [1.29, 1.82) is 0 Å². The van der Waals surface area contributed by atoms with Crippen molar-refractivity contribution in [2.75, 3.05) is 37.6 Å². The smallest absolute Gasteiger partial charge is 0.217 e. The molecule has 28 heavy (non-hydrogen) atoms. The van der Waals surface area contributed by atoms with Gasteiger partial charge in [0.1, 0.15) is 5.82 Å². The number of benzene rings is 1. The Morgan fingerprint density at radius 3 is 2.71 bits per heavy atom. The summed E-state index contributed by atoms with van der Waals surface area (Å²) in [6.07, 6.45) is 2.43. The molecule has 0 aromatic heterocycles. The molecule has 0 bridgehead atoms. The van der Waals surface area contributed by atoms with Crippen LogP contribution in [0.1, 0.15) is 45.6 Å². The van der Waals surface area contributed by atoms with Gasteiger partial charge in [0, 0.05) is 39.1 Å². The van der Waals surface area contributed by atoms with Crippen molar-refractivity contribution in [3.8, 4) is 0 Å². The molecule has 1 unspecified atom stereocenters. The number of nitrogens with two attached hydrogens (primary N) is 1. The Hall–Kier alpha value is -2.31. The normalized spacial score (nSPS) is 17.5. The molecule has 1 saturated heterocycles. The van der Waals surface area contributed by atoms with Gasteiger partial charge >= 0.3 is 0 Å². The number of likely N-dealkylation sites (tertiary alicyclic amines) is 1. The number of piperidine rings is 1. The van der Waals surface area contributed by atoms with Crippen LogP contribution in [0, 0.1) is 11.7 Å². The van der Waals surface area contributed by atoms with Gasteiger partial charge in [-0.25, -0.2) is 9.38 Å². The molecule has 156 valence electrons. The summed E-state index contributed by atoms with van der Waals surface area (Å²) in [7, 11) is 0. The van der Waals surface area contributed by atoms with Gasteiger partial charge in [0.15, 0.2) is 5.96 Å². The maximum absolute atomic E-state index is 14.5. The molecule has 1 fully saturated rings. The van der Waals surface area contributed by atoms with Crippen molar-refractivity contribution in [2.24, 2.45) is 16.6 Å². The fraction of sp³-hybridized carbons (Fsp3) is 0.619. The van der Waals surface area contributed by atoms with Crippen LogP contribution in [0.3, 0.4) is 0 Å². The predicted octanol–water partition coefficient (Wildman–Crippen LogP) is 2.72. The molecule has 1 atom stereocenters. The van der Waals surface area contributed by atoms with E-state index in [1.165, 1.54) is 0 Å². The molecule has 1 aromatic rings. The first-order valence-electron chi connectivity index (χ1n) is 10.3. The van der Waals surface area contributed by atoms with Crippen LogP contribution in [-0.4, -0.2) is 49.5 Å². The topological polar surface area (TPSA) is 74.0 Å². The lowest BCUT2D eigenvalue weighted by Gasteiger charge is -2.34. The lowest BCUT2D eigenvalue weighted by Crippen LogP contribution is -2.47. The lowest BCUT2D eigenvalue weighted by atomic mass is 9.95. The van der Waals surface area contributed by atoms with Gasteiger partial charge < -0.3 is 20.9 Å². The van der Waals surface area contributed by atoms with Gasteiger partial charge in [-0.2, -0.15) is 0 Å². The van der Waals surface area contributed by atoms with Crippen LogP contribution in [0.2, 0.25) is 0 Å². The van der Waals surface area contributed by atoms with E-state index in [2.05, 4.69) is 10.2 Å². The first kappa shape index (κ1) is 22.0. The second kappa shape index (κ2) is 10.9. The highest BCUT2D eigenvalue weighted by atomic mass is 19.1. The number of guanidine groups is 1. The van der Waals surface area contributed by atoms with Gasteiger partial charge in [-0.3, -0.25) is 4.79 Å². The van der Waals surface area contributed by atoms with Crippen LogP contribution < -0.4 is 16.0 Å². The third kappa shape index (κ3) is 6.11. The number of anilines is 1. The zero-order chi connectivity index (χ0) is 20.5. The molecular formula is C21H34FN5O. The molecule has 1 aromatic carbocycles. The Kier molecular flexibility index (Phi) is 8.54. The summed E-state index contributed by atoms with van der Waals surface area (Å²) in [4.78, 5) is 20.1. The maximum atomic E-state index is 14.5. The van der Waals surface area contributed by atoms with E-state index >= 15 is 0 Å². The number of hydrogen-bond acceptors (Lipinski definition) is 3. The van der Waals surface area contributed by atoms with Gasteiger partial charge in [-0.05, 0) is 57.2 Å². The Morgan fingerprint density at radius 2 is 2.11 bits per heavy atom. The first-order valence-corrected chi connectivity index (χ1v) is 10.3. The number of halogens is 1. The van der Waals surface area contributed by atoms with Gasteiger partial charge in [0.25, 0.3) is 0 Å². The Bertz CT molecular complexity index is 675. The van der Waals surface area contributed by atoms with Gasteiger partial charge in [0.05, 0.1) is 12.2 Å². The summed E-state index contributed by atoms with van der Waals surface area (Å²) in [5.74, 6) is 0.615. The summed E-state index contributed by atoms with van der Waals surface area (Å²) < 4.78 is 14.5. The predicted molar refractivity (Wildman–Crippen MR) is 113 cm³/mol. The summed E-state index contributed by atoms with van der Waals surface area (Å²) in [6.45, 7) is 10.5. The zero-order valence-corrected chi connectivity index (χ0v) is 17.4. The number of nitrogens with one attached hydrogen (secondary N) is 1. The number of nitrogens with zero attached hydrogens (tertiary/aromatic N) is 3. The molecule has 7 heteroatoms. The minimum absolute atomic E-state index is 0.208. The second-order valence-electron chi connectivity index (χ2n) is 7.25. The highest BCUT2D eigenvalue weighted by Gasteiger charge is 2.23. The van der Waals surface area contributed by atoms with E-state index in [9.17, 15) is 9.18 Å². The number of aliphatic imine (C=N–C) groups is 1. The average molecular weight is 392 g/mol. The van der Waals surface area contributed by atoms with Gasteiger partial charge in [-0.1, -0.05) is 6.07 Å². The van der Waals surface area contributed by atoms with Crippen molar-refractivity contribution in [3.05, 3.63) is 29.6 Å². The van der Waals surface area contributed by atoms with Crippen molar-refractivity contribution >= 4 is 17.6 Å². The minimum atomic E-state index is -0.252. The molecule has 0 aliphatic carbocycles. The summed E-state index contributed by atoms with van der Waals surface area (Å²) in [6, 6.07) is 5.35. The molecule has 3 N–H and O–H groups in total. The molecular weight excluding hydrogens is 357 g/mol. The SMILES string of the molecule is CCNC(=NCc1ccc(N(CC)CC)c(F)c1)N1CCCC(CC(N)=O)C1. The third-order valence-electron chi connectivity index (χ3n) is 5.17. The standard InChI is InChI=1S/C21H34FN5O/c1-4-24-21(27-11-7-8-17(15-27)13-20(23)28)25-14-16-9-10-19(18(22)12-16)26(5-2)6-3/h9-10,12,17H,4-8,11,13-15H2,1-3H3,(H2,23,28)(H,24,25). The molecule has 0 spiro atoms. The van der Waals surface area contributed by atoms with Crippen molar-refractivity contribution < 1.29 is 9.18 Å². The van der Waals surface area contributed by atoms with Crippen molar-refractivity contribution in [2.45, 2.75) is 46.6 Å². The molecule has 1 heterocycles. The molecule has 1 amide bonds. The minimum Gasteiger partial charge on any atom is -0.370 e. The summed E-state index contributed by atoms with van der Waals surface area (Å²) in [5, 5.41) is 3.32. The number of carbonyl (C=O) groups is 1.